The molecule has 0 aliphatic heterocycles. The Morgan fingerprint density at radius 1 is 1.59 bits per heavy atom. The first-order valence-corrected chi connectivity index (χ1v) is 5.79. The molecule has 94 valence electrons. The molecule has 0 bridgehead atoms. The van der Waals surface area contributed by atoms with Crippen LogP contribution in [0.15, 0.2) is 18.2 Å². The Morgan fingerprint density at radius 2 is 2.29 bits per heavy atom. The lowest BCUT2D eigenvalue weighted by molar-refractivity contribution is -0.123. The number of hydrogen-bond donors (Lipinski definition) is 2. The van der Waals surface area contributed by atoms with Gasteiger partial charge < -0.3 is 15.8 Å². The van der Waals surface area contributed by atoms with E-state index in [0.29, 0.717) is 17.3 Å². The lowest BCUT2D eigenvalue weighted by Crippen LogP contribution is -2.40. The van der Waals surface area contributed by atoms with Gasteiger partial charge in [-0.2, -0.15) is 0 Å². The van der Waals surface area contributed by atoms with E-state index in [9.17, 15) is 4.79 Å². The van der Waals surface area contributed by atoms with E-state index in [0.717, 1.165) is 5.56 Å². The van der Waals surface area contributed by atoms with Crippen molar-refractivity contribution in [2.24, 2.45) is 5.73 Å². The van der Waals surface area contributed by atoms with Crippen molar-refractivity contribution in [3.05, 3.63) is 28.8 Å². The summed E-state index contributed by atoms with van der Waals surface area (Å²) in [5.41, 5.74) is 6.31. The van der Waals surface area contributed by atoms with Gasteiger partial charge in [0.2, 0.25) is 0 Å². The standard InChI is InChI=1S/C12H17ClN2O2/c1-8-5-10(3-4-11(8)13)17-7-12(16)15-9(2)6-14/h3-5,9H,6-7,14H2,1-2H3,(H,15,16)/t9-/m0/s1. The number of nitrogens with two attached hydrogens (primary N) is 1. The van der Waals surface area contributed by atoms with Crippen LogP contribution in [0, 0.1) is 6.92 Å². The van der Waals surface area contributed by atoms with Gasteiger partial charge in [0.05, 0.1) is 0 Å². The average molecular weight is 257 g/mol. The molecule has 1 atom stereocenters. The van der Waals surface area contributed by atoms with E-state index < -0.39 is 0 Å². The molecule has 1 aromatic carbocycles. The summed E-state index contributed by atoms with van der Waals surface area (Å²) in [6.07, 6.45) is 0. The second-order valence-corrected chi connectivity index (χ2v) is 4.31. The SMILES string of the molecule is Cc1cc(OCC(=O)N[C@@H](C)CN)ccc1Cl. The molecule has 0 spiro atoms. The first-order valence-electron chi connectivity index (χ1n) is 5.41. The normalized spacial score (nSPS) is 12.0. The van der Waals surface area contributed by atoms with Gasteiger partial charge in [-0.25, -0.2) is 0 Å². The third kappa shape index (κ3) is 4.63. The van der Waals surface area contributed by atoms with Crippen LogP contribution in [0.25, 0.3) is 0 Å². The lowest BCUT2D eigenvalue weighted by atomic mass is 10.2. The molecule has 3 N–H and O–H groups in total. The van der Waals surface area contributed by atoms with E-state index in [-0.39, 0.29) is 18.6 Å². The predicted octanol–water partition coefficient (Wildman–Crippen LogP) is 1.49. The van der Waals surface area contributed by atoms with Crippen LogP contribution in [0.2, 0.25) is 5.02 Å². The predicted molar refractivity (Wildman–Crippen MR) is 68.3 cm³/mol. The zero-order valence-corrected chi connectivity index (χ0v) is 10.8. The van der Waals surface area contributed by atoms with Gasteiger partial charge >= 0.3 is 0 Å². The van der Waals surface area contributed by atoms with Crippen molar-refractivity contribution >= 4 is 17.5 Å². The summed E-state index contributed by atoms with van der Waals surface area (Å²) in [6.45, 7) is 4.10. The van der Waals surface area contributed by atoms with Crippen molar-refractivity contribution in [2.75, 3.05) is 13.2 Å². The number of carbonyl (C=O) groups is 1. The molecule has 0 aliphatic carbocycles. The van der Waals surface area contributed by atoms with E-state index in [1.807, 2.05) is 13.8 Å². The molecule has 0 unspecified atom stereocenters. The summed E-state index contributed by atoms with van der Waals surface area (Å²) >= 11 is 5.88. The van der Waals surface area contributed by atoms with Gasteiger partial charge in [0.15, 0.2) is 6.61 Å². The molecule has 5 heteroatoms. The number of ether oxygens (including phenoxy) is 1. The number of benzene rings is 1. The van der Waals surface area contributed by atoms with Crippen molar-refractivity contribution < 1.29 is 9.53 Å². The van der Waals surface area contributed by atoms with E-state index >= 15 is 0 Å². The van der Waals surface area contributed by atoms with E-state index in [4.69, 9.17) is 22.1 Å². The van der Waals surface area contributed by atoms with Gasteiger partial charge in [-0.1, -0.05) is 11.6 Å². The maximum atomic E-state index is 11.4. The van der Waals surface area contributed by atoms with Crippen molar-refractivity contribution in [1.29, 1.82) is 0 Å². The van der Waals surface area contributed by atoms with Gasteiger partial charge in [-0.05, 0) is 37.6 Å². The van der Waals surface area contributed by atoms with Crippen LogP contribution < -0.4 is 15.8 Å². The highest BCUT2D eigenvalue weighted by Gasteiger charge is 2.06. The maximum Gasteiger partial charge on any atom is 0.258 e. The number of halogens is 1. The summed E-state index contributed by atoms with van der Waals surface area (Å²) in [6, 6.07) is 5.22. The van der Waals surface area contributed by atoms with Crippen LogP contribution in [0.1, 0.15) is 12.5 Å². The second kappa shape index (κ2) is 6.47. The zero-order chi connectivity index (χ0) is 12.8. The number of carbonyl (C=O) groups excluding carboxylic acids is 1. The van der Waals surface area contributed by atoms with E-state index in [1.54, 1.807) is 18.2 Å². The zero-order valence-electron chi connectivity index (χ0n) is 10.00. The Kier molecular flexibility index (Phi) is 5.25. The Morgan fingerprint density at radius 3 is 2.88 bits per heavy atom. The first-order chi connectivity index (χ1) is 8.02. The Hall–Kier alpha value is -1.26. The first kappa shape index (κ1) is 13.8. The van der Waals surface area contributed by atoms with Crippen molar-refractivity contribution in [3.8, 4) is 5.75 Å². The second-order valence-electron chi connectivity index (χ2n) is 3.90. The van der Waals surface area contributed by atoms with Crippen LogP contribution in [-0.4, -0.2) is 25.1 Å². The molecule has 4 nitrogen and oxygen atoms in total. The molecule has 0 saturated heterocycles. The quantitative estimate of drug-likeness (QED) is 0.839. The van der Waals surface area contributed by atoms with Gasteiger partial charge in [-0.3, -0.25) is 4.79 Å². The number of amides is 1. The average Bonchev–Trinajstić information content (AvgIpc) is 2.30. The molecule has 17 heavy (non-hydrogen) atoms. The molecule has 1 aromatic rings. The minimum absolute atomic E-state index is 0.0224. The summed E-state index contributed by atoms with van der Waals surface area (Å²) in [5, 5.41) is 3.39. The molecule has 0 aromatic heterocycles. The fourth-order valence-electron chi connectivity index (χ4n) is 1.23. The smallest absolute Gasteiger partial charge is 0.258 e. The minimum atomic E-state index is -0.185. The number of rotatable bonds is 5. The highest BCUT2D eigenvalue weighted by Crippen LogP contribution is 2.20. The van der Waals surface area contributed by atoms with Gasteiger partial charge in [0.25, 0.3) is 5.91 Å². The van der Waals surface area contributed by atoms with Crippen LogP contribution in [0.5, 0.6) is 5.75 Å². The molecule has 1 amide bonds. The summed E-state index contributed by atoms with van der Waals surface area (Å²) in [7, 11) is 0. The van der Waals surface area contributed by atoms with Crippen molar-refractivity contribution in [2.45, 2.75) is 19.9 Å². The van der Waals surface area contributed by atoms with Gasteiger partial charge in [0.1, 0.15) is 5.75 Å². The molecule has 0 aliphatic rings. The van der Waals surface area contributed by atoms with Crippen molar-refractivity contribution in [3.63, 3.8) is 0 Å². The lowest BCUT2D eigenvalue weighted by Gasteiger charge is -2.12. The monoisotopic (exact) mass is 256 g/mol. The number of hydrogen-bond acceptors (Lipinski definition) is 3. The fraction of sp³-hybridized carbons (Fsp3) is 0.417. The highest BCUT2D eigenvalue weighted by molar-refractivity contribution is 6.31. The fourth-order valence-corrected chi connectivity index (χ4v) is 1.35. The van der Waals surface area contributed by atoms with Crippen LogP contribution >= 0.6 is 11.6 Å². The summed E-state index contributed by atoms with van der Waals surface area (Å²) < 4.78 is 5.34. The third-order valence-electron chi connectivity index (χ3n) is 2.26. The maximum absolute atomic E-state index is 11.4. The third-order valence-corrected chi connectivity index (χ3v) is 2.68. The van der Waals surface area contributed by atoms with E-state index in [1.165, 1.54) is 0 Å². The highest BCUT2D eigenvalue weighted by atomic mass is 35.5. The Balaban J connectivity index is 2.45. The van der Waals surface area contributed by atoms with Crippen LogP contribution in [0.4, 0.5) is 0 Å². The minimum Gasteiger partial charge on any atom is -0.484 e. The Bertz CT molecular complexity index is 396. The number of aryl methyl sites for hydroxylation is 1. The van der Waals surface area contributed by atoms with E-state index in [2.05, 4.69) is 5.32 Å². The summed E-state index contributed by atoms with van der Waals surface area (Å²) in [5.74, 6) is 0.443. The molecule has 0 fully saturated rings. The van der Waals surface area contributed by atoms with Gasteiger partial charge in [0, 0.05) is 17.6 Å². The molecule has 0 heterocycles. The summed E-state index contributed by atoms with van der Waals surface area (Å²) in [4.78, 5) is 11.4. The molecule has 0 saturated carbocycles. The molecular weight excluding hydrogens is 240 g/mol. The van der Waals surface area contributed by atoms with Crippen LogP contribution in [0.3, 0.4) is 0 Å². The topological polar surface area (TPSA) is 64.3 Å². The molecular formula is C12H17ClN2O2. The number of nitrogens with one attached hydrogen (secondary N) is 1. The largest absolute Gasteiger partial charge is 0.484 e. The molecule has 1 rings (SSSR count). The van der Waals surface area contributed by atoms with Crippen molar-refractivity contribution in [1.82, 2.24) is 5.32 Å². The van der Waals surface area contributed by atoms with Crippen LogP contribution in [-0.2, 0) is 4.79 Å². The molecule has 0 radical (unpaired) electrons. The van der Waals surface area contributed by atoms with Gasteiger partial charge in [-0.15, -0.1) is 0 Å². The Labute approximate surface area is 106 Å².